The average molecular weight is 282 g/mol. The second kappa shape index (κ2) is 6.18. The number of aromatic amines is 1. The number of ether oxygens (including phenoxy) is 1. The van der Waals surface area contributed by atoms with Crippen LogP contribution in [-0.4, -0.2) is 33.1 Å². The third-order valence-electron chi connectivity index (χ3n) is 2.05. The maximum atomic E-state index is 11.4. The number of carbonyl (C=O) groups excluding carboxylic acids is 1. The Kier molecular flexibility index (Phi) is 4.84. The number of alkyl carbamates (subject to hydrolysis) is 1. The summed E-state index contributed by atoms with van der Waals surface area (Å²) < 4.78 is 5.04. The molecule has 1 aromatic rings. The van der Waals surface area contributed by atoms with Gasteiger partial charge in [-0.1, -0.05) is 6.08 Å². The van der Waals surface area contributed by atoms with Crippen LogP contribution in [0.5, 0.6) is 0 Å². The van der Waals surface area contributed by atoms with Crippen LogP contribution in [0.4, 0.5) is 10.6 Å². The number of hydrogen-bond acceptors (Lipinski definition) is 5. The zero-order valence-corrected chi connectivity index (χ0v) is 11.9. The Morgan fingerprint density at radius 2 is 2.20 bits per heavy atom. The number of carbonyl (C=O) groups is 1. The van der Waals surface area contributed by atoms with Crippen LogP contribution >= 0.6 is 0 Å². The van der Waals surface area contributed by atoms with Gasteiger partial charge in [0, 0.05) is 13.5 Å². The van der Waals surface area contributed by atoms with Gasteiger partial charge in [-0.05, 0) is 31.8 Å². The summed E-state index contributed by atoms with van der Waals surface area (Å²) in [6.45, 7) is 7.11. The molecule has 8 heteroatoms. The number of rotatable bonds is 4. The van der Waals surface area contributed by atoms with E-state index in [9.17, 15) is 14.9 Å². The minimum Gasteiger partial charge on any atom is -0.444 e. The summed E-state index contributed by atoms with van der Waals surface area (Å²) in [7, 11) is 0. The van der Waals surface area contributed by atoms with Gasteiger partial charge in [0.25, 0.3) is 0 Å². The van der Waals surface area contributed by atoms with Crippen LogP contribution in [-0.2, 0) is 4.74 Å². The molecule has 1 rings (SSSR count). The van der Waals surface area contributed by atoms with Gasteiger partial charge < -0.3 is 20.2 Å². The number of hydrogen-bond donors (Lipinski definition) is 2. The van der Waals surface area contributed by atoms with Gasteiger partial charge in [-0.2, -0.15) is 0 Å². The minimum atomic E-state index is -0.564. The lowest BCUT2D eigenvalue weighted by molar-refractivity contribution is -0.389. The summed E-state index contributed by atoms with van der Waals surface area (Å²) in [5, 5.41) is 13.3. The van der Waals surface area contributed by atoms with E-state index in [1.807, 2.05) is 0 Å². The molecule has 110 valence electrons. The molecule has 0 bridgehead atoms. The standard InChI is InChI=1S/C12H18N4O4/c1-8-14-9(10(15-8)16(18)19)6-5-7-13-11(17)20-12(2,3)4/h5-6H,7H2,1-4H3,(H,13,17)(H,14,15). The number of nitrogens with zero attached hydrogens (tertiary/aromatic N) is 2. The zero-order valence-electron chi connectivity index (χ0n) is 11.9. The van der Waals surface area contributed by atoms with Crippen LogP contribution in [0, 0.1) is 17.0 Å². The van der Waals surface area contributed by atoms with E-state index in [4.69, 9.17) is 4.74 Å². The number of H-pyrrole nitrogens is 1. The molecule has 0 unspecified atom stereocenters. The molecule has 0 spiro atoms. The van der Waals surface area contributed by atoms with Crippen molar-refractivity contribution in [2.24, 2.45) is 0 Å². The Morgan fingerprint density at radius 1 is 1.55 bits per heavy atom. The molecule has 0 aromatic carbocycles. The average Bonchev–Trinajstić information content (AvgIpc) is 2.63. The first-order valence-corrected chi connectivity index (χ1v) is 6.03. The summed E-state index contributed by atoms with van der Waals surface area (Å²) >= 11 is 0. The quantitative estimate of drug-likeness (QED) is 0.649. The molecule has 0 saturated carbocycles. The predicted molar refractivity (Wildman–Crippen MR) is 73.2 cm³/mol. The molecule has 1 heterocycles. The van der Waals surface area contributed by atoms with Crippen molar-refractivity contribution in [2.45, 2.75) is 33.3 Å². The van der Waals surface area contributed by atoms with Crippen molar-refractivity contribution in [1.82, 2.24) is 15.3 Å². The molecule has 0 atom stereocenters. The van der Waals surface area contributed by atoms with E-state index in [0.717, 1.165) is 0 Å². The fourth-order valence-corrected chi connectivity index (χ4v) is 1.38. The fourth-order valence-electron chi connectivity index (χ4n) is 1.38. The molecule has 2 N–H and O–H groups in total. The van der Waals surface area contributed by atoms with Gasteiger partial charge in [0.2, 0.25) is 0 Å². The number of nitrogens with one attached hydrogen (secondary N) is 2. The summed E-state index contributed by atoms with van der Waals surface area (Å²) in [4.78, 5) is 28.1. The van der Waals surface area contributed by atoms with Crippen LogP contribution in [0.2, 0.25) is 0 Å². The van der Waals surface area contributed by atoms with Crippen molar-refractivity contribution in [3.05, 3.63) is 27.7 Å². The van der Waals surface area contributed by atoms with Gasteiger partial charge in [0.1, 0.15) is 5.60 Å². The summed E-state index contributed by atoms with van der Waals surface area (Å²) in [6.07, 6.45) is 2.49. The van der Waals surface area contributed by atoms with Crippen molar-refractivity contribution in [2.75, 3.05) is 6.54 Å². The van der Waals surface area contributed by atoms with Gasteiger partial charge in [-0.25, -0.2) is 14.8 Å². The van der Waals surface area contributed by atoms with E-state index >= 15 is 0 Å². The molecule has 0 aliphatic heterocycles. The zero-order chi connectivity index (χ0) is 15.3. The highest BCUT2D eigenvalue weighted by atomic mass is 16.6. The van der Waals surface area contributed by atoms with Crippen molar-refractivity contribution in [1.29, 1.82) is 0 Å². The van der Waals surface area contributed by atoms with Gasteiger partial charge in [0.05, 0.1) is 0 Å². The Morgan fingerprint density at radius 3 is 2.75 bits per heavy atom. The Bertz CT molecular complexity index is 528. The van der Waals surface area contributed by atoms with Gasteiger partial charge in [-0.3, -0.25) is 0 Å². The Labute approximate surface area is 116 Å². The van der Waals surface area contributed by atoms with Gasteiger partial charge in [-0.15, -0.1) is 0 Å². The van der Waals surface area contributed by atoms with Crippen LogP contribution in [0.1, 0.15) is 32.3 Å². The largest absolute Gasteiger partial charge is 0.444 e. The molecule has 0 saturated heterocycles. The molecule has 0 fully saturated rings. The number of aryl methyl sites for hydroxylation is 1. The summed E-state index contributed by atoms with van der Waals surface area (Å²) in [5.41, 5.74) is -0.343. The molecule has 0 aliphatic rings. The highest BCUT2D eigenvalue weighted by molar-refractivity contribution is 5.68. The van der Waals surface area contributed by atoms with Crippen molar-refractivity contribution in [3.8, 4) is 0 Å². The molecule has 0 radical (unpaired) electrons. The number of imidazole rings is 1. The maximum absolute atomic E-state index is 11.4. The highest BCUT2D eigenvalue weighted by Gasteiger charge is 2.16. The number of aromatic nitrogens is 2. The smallest absolute Gasteiger partial charge is 0.407 e. The van der Waals surface area contributed by atoms with E-state index in [-0.39, 0.29) is 18.1 Å². The molecule has 8 nitrogen and oxygen atoms in total. The van der Waals surface area contributed by atoms with E-state index in [2.05, 4.69) is 15.3 Å². The fraction of sp³-hybridized carbons (Fsp3) is 0.500. The second-order valence-corrected chi connectivity index (χ2v) is 5.10. The maximum Gasteiger partial charge on any atom is 0.407 e. The molecule has 1 aromatic heterocycles. The SMILES string of the molecule is Cc1nc(C=CCNC(=O)OC(C)(C)C)c([N+](=O)[O-])[nH]1. The predicted octanol–water partition coefficient (Wildman–Crippen LogP) is 2.16. The van der Waals surface area contributed by atoms with E-state index < -0.39 is 16.6 Å². The Balaban J connectivity index is 2.54. The number of nitro groups is 1. The summed E-state index contributed by atoms with van der Waals surface area (Å²) in [6, 6.07) is 0. The third-order valence-corrected chi connectivity index (χ3v) is 2.05. The lowest BCUT2D eigenvalue weighted by Crippen LogP contribution is -2.32. The first-order valence-electron chi connectivity index (χ1n) is 6.03. The van der Waals surface area contributed by atoms with Crippen LogP contribution in [0.15, 0.2) is 6.08 Å². The molecular formula is C12H18N4O4. The first-order chi connectivity index (χ1) is 9.19. The van der Waals surface area contributed by atoms with Gasteiger partial charge >= 0.3 is 11.9 Å². The minimum absolute atomic E-state index is 0.170. The van der Waals surface area contributed by atoms with E-state index in [0.29, 0.717) is 5.82 Å². The normalized spacial score (nSPS) is 11.6. The van der Waals surface area contributed by atoms with Crippen molar-refractivity contribution < 1.29 is 14.5 Å². The van der Waals surface area contributed by atoms with Crippen LogP contribution in [0.25, 0.3) is 6.08 Å². The summed E-state index contributed by atoms with van der Waals surface area (Å²) in [5.74, 6) is 0.285. The lowest BCUT2D eigenvalue weighted by Gasteiger charge is -2.19. The Hall–Kier alpha value is -2.38. The lowest BCUT2D eigenvalue weighted by atomic mass is 10.2. The monoisotopic (exact) mass is 282 g/mol. The van der Waals surface area contributed by atoms with Crippen molar-refractivity contribution >= 4 is 18.0 Å². The molecule has 0 aliphatic carbocycles. The molecular weight excluding hydrogens is 264 g/mol. The third kappa shape index (κ3) is 5.09. The molecule has 1 amide bonds. The van der Waals surface area contributed by atoms with E-state index in [1.54, 1.807) is 33.8 Å². The highest BCUT2D eigenvalue weighted by Crippen LogP contribution is 2.15. The molecule has 20 heavy (non-hydrogen) atoms. The van der Waals surface area contributed by atoms with Gasteiger partial charge in [0.15, 0.2) is 11.5 Å². The first kappa shape index (κ1) is 15.7. The second-order valence-electron chi connectivity index (χ2n) is 5.10. The van der Waals surface area contributed by atoms with Crippen molar-refractivity contribution in [3.63, 3.8) is 0 Å². The number of amides is 1. The van der Waals surface area contributed by atoms with Crippen LogP contribution in [0.3, 0.4) is 0 Å². The van der Waals surface area contributed by atoms with E-state index in [1.165, 1.54) is 6.08 Å². The van der Waals surface area contributed by atoms with Crippen LogP contribution < -0.4 is 5.32 Å². The topological polar surface area (TPSA) is 110 Å².